The van der Waals surface area contributed by atoms with E-state index in [9.17, 15) is 19.2 Å². The highest BCUT2D eigenvalue weighted by Gasteiger charge is 2.65. The number of hydrogen-bond donors (Lipinski definition) is 2. The largest absolute Gasteiger partial charge is 0.477 e. The van der Waals surface area contributed by atoms with Crippen LogP contribution in [0.5, 0.6) is 11.5 Å². The van der Waals surface area contributed by atoms with E-state index in [2.05, 4.69) is 17.3 Å². The number of amides is 2. The molecule has 1 saturated heterocycles. The summed E-state index contributed by atoms with van der Waals surface area (Å²) >= 11 is 0. The Hall–Kier alpha value is -2.98. The SMILES string of the molecule is CC(=O)N[C@@H](CCCCN)C(=O)CCCN(C)C(=O)Oc1ccc2c3c1O[C@@H]1C(=O)CCC4[C@H](C2)N(C)CC[C@]341. The fourth-order valence-electron chi connectivity index (χ4n) is 7.57. The molecule has 2 amide bonds. The summed E-state index contributed by atoms with van der Waals surface area (Å²) in [5.74, 6) is 1.11. The van der Waals surface area contributed by atoms with Gasteiger partial charge in [-0.3, -0.25) is 14.4 Å². The fourth-order valence-corrected chi connectivity index (χ4v) is 7.57. The van der Waals surface area contributed by atoms with Gasteiger partial charge in [0.25, 0.3) is 0 Å². The smallest absolute Gasteiger partial charge is 0.415 e. The molecule has 2 fully saturated rings. The summed E-state index contributed by atoms with van der Waals surface area (Å²) in [6.07, 6.45) is 4.90. The van der Waals surface area contributed by atoms with Crippen molar-refractivity contribution < 1.29 is 28.7 Å². The second kappa shape index (κ2) is 11.5. The number of likely N-dealkylation sites (N-methyl/N-ethyl adjacent to an activating group) is 1. The molecule has 40 heavy (non-hydrogen) atoms. The lowest BCUT2D eigenvalue weighted by atomic mass is 9.52. The van der Waals surface area contributed by atoms with Gasteiger partial charge in [0.15, 0.2) is 29.2 Å². The number of likely N-dealkylation sites (tertiary alicyclic amines) is 1. The van der Waals surface area contributed by atoms with E-state index in [-0.39, 0.29) is 29.3 Å². The van der Waals surface area contributed by atoms with Crippen LogP contribution in [0.3, 0.4) is 0 Å². The van der Waals surface area contributed by atoms with Gasteiger partial charge in [0.05, 0.1) is 6.04 Å². The number of unbranched alkanes of at least 4 members (excludes halogenated alkanes) is 1. The summed E-state index contributed by atoms with van der Waals surface area (Å²) in [4.78, 5) is 54.3. The Balaban J connectivity index is 1.24. The Bertz CT molecular complexity index is 1190. The molecule has 218 valence electrons. The lowest BCUT2D eigenvalue weighted by molar-refractivity contribution is -0.138. The van der Waals surface area contributed by atoms with Gasteiger partial charge in [-0.25, -0.2) is 4.79 Å². The summed E-state index contributed by atoms with van der Waals surface area (Å²) in [7, 11) is 3.81. The lowest BCUT2D eigenvalue weighted by Crippen LogP contribution is -2.65. The van der Waals surface area contributed by atoms with Gasteiger partial charge in [-0.05, 0) is 82.6 Å². The molecule has 5 atom stereocenters. The van der Waals surface area contributed by atoms with Crippen molar-refractivity contribution in [1.29, 1.82) is 0 Å². The number of rotatable bonds is 11. The van der Waals surface area contributed by atoms with Crippen molar-refractivity contribution in [3.63, 3.8) is 0 Å². The molecular weight excluding hydrogens is 512 g/mol. The number of nitrogens with two attached hydrogens (primary N) is 1. The third kappa shape index (κ3) is 5.00. The third-order valence-electron chi connectivity index (χ3n) is 9.51. The number of piperidine rings is 1. The number of ketones is 2. The molecule has 10 nitrogen and oxygen atoms in total. The standard InChI is InChI=1S/C30H42N4O6/c1-18(35)32-21(7-4-5-14-31)23(36)8-6-15-34(3)29(38)39-25-12-9-19-17-22-20-10-11-24(37)28-30(20,13-16-33(22)2)26(19)27(25)40-28/h9,12,20-22,28H,4-8,10-11,13-17,31H2,1-3H3,(H,32,35)/t20?,21-,22-,28+,30+/m0/s1. The van der Waals surface area contributed by atoms with Crippen LogP contribution < -0.4 is 20.5 Å². The van der Waals surface area contributed by atoms with Gasteiger partial charge < -0.3 is 30.3 Å². The van der Waals surface area contributed by atoms with Crippen LogP contribution in [0.25, 0.3) is 0 Å². The summed E-state index contributed by atoms with van der Waals surface area (Å²) in [6, 6.07) is 3.67. The van der Waals surface area contributed by atoms with Crippen LogP contribution >= 0.6 is 0 Å². The molecular formula is C30H42N4O6. The number of carbonyl (C=O) groups is 4. The summed E-state index contributed by atoms with van der Waals surface area (Å²) in [5.41, 5.74) is 7.49. The quantitative estimate of drug-likeness (QED) is 0.399. The minimum Gasteiger partial charge on any atom is -0.477 e. The molecule has 2 aliphatic carbocycles. The second-order valence-corrected chi connectivity index (χ2v) is 12.0. The summed E-state index contributed by atoms with van der Waals surface area (Å²) in [5, 5.41) is 2.73. The fraction of sp³-hybridized carbons (Fsp3) is 0.667. The number of Topliss-reactive ketones (excluding diaryl/α,β-unsaturated/α-hetero) is 2. The van der Waals surface area contributed by atoms with Gasteiger partial charge in [-0.15, -0.1) is 0 Å². The van der Waals surface area contributed by atoms with E-state index < -0.39 is 18.2 Å². The van der Waals surface area contributed by atoms with E-state index in [4.69, 9.17) is 15.2 Å². The number of hydrogen-bond acceptors (Lipinski definition) is 8. The van der Waals surface area contributed by atoms with Crippen LogP contribution in [0.15, 0.2) is 12.1 Å². The Labute approximate surface area is 235 Å². The first-order valence-corrected chi connectivity index (χ1v) is 14.7. The van der Waals surface area contributed by atoms with Crippen LogP contribution in [0.4, 0.5) is 4.79 Å². The number of carbonyl (C=O) groups excluding carboxylic acids is 4. The lowest BCUT2D eigenvalue weighted by Gasteiger charge is -2.57. The summed E-state index contributed by atoms with van der Waals surface area (Å²) in [6.45, 7) is 3.18. The zero-order chi connectivity index (χ0) is 28.6. The maximum absolute atomic E-state index is 13.1. The van der Waals surface area contributed by atoms with Gasteiger partial charge in [-0.1, -0.05) is 6.07 Å². The van der Waals surface area contributed by atoms with Crippen molar-refractivity contribution in [2.24, 2.45) is 11.7 Å². The molecule has 1 saturated carbocycles. The van der Waals surface area contributed by atoms with Gasteiger partial charge in [0.2, 0.25) is 5.91 Å². The van der Waals surface area contributed by atoms with Crippen LogP contribution in [0, 0.1) is 5.92 Å². The monoisotopic (exact) mass is 554 g/mol. The van der Waals surface area contributed by atoms with Crippen molar-refractivity contribution in [2.45, 2.75) is 88.3 Å². The molecule has 2 aliphatic heterocycles. The molecule has 1 aromatic rings. The minimum absolute atomic E-state index is 0.0530. The van der Waals surface area contributed by atoms with E-state index in [1.165, 1.54) is 17.4 Å². The molecule has 0 aromatic heterocycles. The Kier molecular flexibility index (Phi) is 8.20. The van der Waals surface area contributed by atoms with Gasteiger partial charge in [0, 0.05) is 50.4 Å². The zero-order valence-electron chi connectivity index (χ0n) is 23.9. The first-order chi connectivity index (χ1) is 19.2. The van der Waals surface area contributed by atoms with Gasteiger partial charge >= 0.3 is 6.09 Å². The predicted octanol–water partition coefficient (Wildman–Crippen LogP) is 2.34. The molecule has 4 aliphatic rings. The molecule has 10 heteroatoms. The molecule has 1 unspecified atom stereocenters. The normalized spacial score (nSPS) is 26.9. The molecule has 0 radical (unpaired) electrons. The third-order valence-corrected chi connectivity index (χ3v) is 9.51. The molecule has 2 bridgehead atoms. The van der Waals surface area contributed by atoms with Crippen molar-refractivity contribution in [1.82, 2.24) is 15.1 Å². The van der Waals surface area contributed by atoms with E-state index in [1.54, 1.807) is 13.1 Å². The average molecular weight is 555 g/mol. The first kappa shape index (κ1) is 28.5. The maximum Gasteiger partial charge on any atom is 0.415 e. The van der Waals surface area contributed by atoms with Crippen molar-refractivity contribution >= 4 is 23.6 Å². The van der Waals surface area contributed by atoms with Gasteiger partial charge in [0.1, 0.15) is 0 Å². The molecule has 1 spiro atoms. The summed E-state index contributed by atoms with van der Waals surface area (Å²) < 4.78 is 12.2. The molecule has 2 heterocycles. The van der Waals surface area contributed by atoms with Crippen LogP contribution in [0.1, 0.15) is 69.4 Å². The highest BCUT2D eigenvalue weighted by molar-refractivity contribution is 5.90. The van der Waals surface area contributed by atoms with E-state index >= 15 is 0 Å². The predicted molar refractivity (Wildman–Crippen MR) is 148 cm³/mol. The van der Waals surface area contributed by atoms with Crippen LogP contribution in [-0.2, 0) is 26.2 Å². The van der Waals surface area contributed by atoms with Crippen molar-refractivity contribution in [3.8, 4) is 11.5 Å². The van der Waals surface area contributed by atoms with E-state index in [1.807, 2.05) is 6.07 Å². The maximum atomic E-state index is 13.1. The average Bonchev–Trinajstić information content (AvgIpc) is 3.28. The van der Waals surface area contributed by atoms with Crippen molar-refractivity contribution in [2.75, 3.05) is 33.7 Å². The first-order valence-electron chi connectivity index (χ1n) is 14.7. The highest BCUT2D eigenvalue weighted by atomic mass is 16.6. The number of nitrogens with one attached hydrogen (secondary N) is 1. The Morgan fingerprint density at radius 3 is 2.83 bits per heavy atom. The molecule has 5 rings (SSSR count). The van der Waals surface area contributed by atoms with E-state index in [0.29, 0.717) is 55.8 Å². The molecule has 1 aromatic carbocycles. The van der Waals surface area contributed by atoms with Crippen LogP contribution in [0.2, 0.25) is 0 Å². The number of nitrogens with zero attached hydrogens (tertiary/aromatic N) is 2. The Morgan fingerprint density at radius 1 is 1.27 bits per heavy atom. The molecule has 3 N–H and O–H groups in total. The minimum atomic E-state index is -0.541. The number of benzene rings is 1. The van der Waals surface area contributed by atoms with Crippen LogP contribution in [-0.4, -0.2) is 85.3 Å². The van der Waals surface area contributed by atoms with Gasteiger partial charge in [-0.2, -0.15) is 0 Å². The van der Waals surface area contributed by atoms with Crippen molar-refractivity contribution in [3.05, 3.63) is 23.3 Å². The highest BCUT2D eigenvalue weighted by Crippen LogP contribution is 2.63. The zero-order valence-corrected chi connectivity index (χ0v) is 23.9. The Morgan fingerprint density at radius 2 is 2.08 bits per heavy atom. The second-order valence-electron chi connectivity index (χ2n) is 12.0. The number of ether oxygens (including phenoxy) is 2. The topological polar surface area (TPSA) is 131 Å². The van der Waals surface area contributed by atoms with E-state index in [0.717, 1.165) is 44.2 Å².